The number of amides is 2. The van der Waals surface area contributed by atoms with Gasteiger partial charge in [-0.05, 0) is 41.5 Å². The molecule has 0 fully saturated rings. The van der Waals surface area contributed by atoms with Crippen molar-refractivity contribution in [3.63, 3.8) is 0 Å². The SMILES string of the molecule is O=C(CNC(=O)c1ccc(-c2ccccc2)cc1)OC(C(=O)Nc1cc(C(F)(F)F)ccc1Cl)c1ccccc1. The molecule has 1 atom stereocenters. The van der Waals surface area contributed by atoms with Crippen LogP contribution in [0.15, 0.2) is 103 Å². The van der Waals surface area contributed by atoms with E-state index in [9.17, 15) is 27.6 Å². The summed E-state index contributed by atoms with van der Waals surface area (Å²) in [6, 6.07) is 26.7. The number of anilines is 1. The average molecular weight is 567 g/mol. The van der Waals surface area contributed by atoms with E-state index in [2.05, 4.69) is 10.6 Å². The number of esters is 1. The number of rotatable bonds is 8. The van der Waals surface area contributed by atoms with Crippen LogP contribution in [0, 0.1) is 0 Å². The Hall–Kier alpha value is -4.63. The van der Waals surface area contributed by atoms with Gasteiger partial charge in [0.1, 0.15) is 6.54 Å². The molecule has 4 rings (SSSR count). The van der Waals surface area contributed by atoms with E-state index >= 15 is 0 Å². The van der Waals surface area contributed by atoms with Gasteiger partial charge >= 0.3 is 12.1 Å². The van der Waals surface area contributed by atoms with Gasteiger partial charge in [-0.1, -0.05) is 84.4 Å². The number of alkyl halides is 3. The molecule has 0 aromatic heterocycles. The zero-order chi connectivity index (χ0) is 28.7. The molecule has 0 radical (unpaired) electrons. The summed E-state index contributed by atoms with van der Waals surface area (Å²) in [6.07, 6.45) is -6.18. The highest BCUT2D eigenvalue weighted by Crippen LogP contribution is 2.34. The van der Waals surface area contributed by atoms with Gasteiger partial charge in [-0.3, -0.25) is 14.4 Å². The van der Waals surface area contributed by atoms with Crippen molar-refractivity contribution >= 4 is 35.1 Å². The van der Waals surface area contributed by atoms with Crippen molar-refractivity contribution in [1.29, 1.82) is 0 Å². The standard InChI is InChI=1S/C30H22ClF3N2O4/c31-24-16-15-23(30(32,33)34)17-25(24)36-29(39)27(21-9-5-2-6-10-21)40-26(37)18-35-28(38)22-13-11-20(12-14-22)19-7-3-1-4-8-19/h1-17,27H,18H2,(H,35,38)(H,36,39). The first-order valence-electron chi connectivity index (χ1n) is 12.0. The second-order valence-corrected chi connectivity index (χ2v) is 9.00. The number of benzene rings is 4. The van der Waals surface area contributed by atoms with E-state index in [1.54, 1.807) is 42.5 Å². The lowest BCUT2D eigenvalue weighted by Gasteiger charge is -2.19. The van der Waals surface area contributed by atoms with Crippen molar-refractivity contribution in [2.24, 2.45) is 0 Å². The van der Waals surface area contributed by atoms with Crippen LogP contribution in [0.3, 0.4) is 0 Å². The van der Waals surface area contributed by atoms with Crippen molar-refractivity contribution in [3.8, 4) is 11.1 Å². The first-order chi connectivity index (χ1) is 19.1. The van der Waals surface area contributed by atoms with Crippen molar-refractivity contribution in [2.75, 3.05) is 11.9 Å². The molecule has 0 aliphatic heterocycles. The molecule has 40 heavy (non-hydrogen) atoms. The van der Waals surface area contributed by atoms with Crippen LogP contribution in [0.4, 0.5) is 18.9 Å². The highest BCUT2D eigenvalue weighted by atomic mass is 35.5. The number of hydrogen-bond acceptors (Lipinski definition) is 4. The van der Waals surface area contributed by atoms with Gasteiger partial charge in [-0.15, -0.1) is 0 Å². The second-order valence-electron chi connectivity index (χ2n) is 8.59. The molecule has 0 heterocycles. The van der Waals surface area contributed by atoms with Crippen molar-refractivity contribution in [2.45, 2.75) is 12.3 Å². The van der Waals surface area contributed by atoms with Gasteiger partial charge in [0.05, 0.1) is 16.3 Å². The molecule has 0 aliphatic carbocycles. The van der Waals surface area contributed by atoms with Crippen LogP contribution in [-0.2, 0) is 20.5 Å². The Morgan fingerprint density at radius 1 is 0.800 bits per heavy atom. The Bertz CT molecular complexity index is 1500. The average Bonchev–Trinajstić information content (AvgIpc) is 2.96. The molecule has 0 saturated carbocycles. The lowest BCUT2D eigenvalue weighted by atomic mass is 10.0. The maximum atomic E-state index is 13.1. The quantitative estimate of drug-likeness (QED) is 0.233. The number of carbonyl (C=O) groups excluding carboxylic acids is 3. The summed E-state index contributed by atoms with van der Waals surface area (Å²) in [4.78, 5) is 38.2. The Balaban J connectivity index is 1.42. The number of carbonyl (C=O) groups is 3. The van der Waals surface area contributed by atoms with Crippen LogP contribution in [0.5, 0.6) is 0 Å². The summed E-state index contributed by atoms with van der Waals surface area (Å²) in [5.41, 5.74) is 1.15. The summed E-state index contributed by atoms with van der Waals surface area (Å²) in [5, 5.41) is 4.61. The third kappa shape index (κ3) is 7.27. The van der Waals surface area contributed by atoms with E-state index in [0.29, 0.717) is 11.6 Å². The van der Waals surface area contributed by atoms with Gasteiger partial charge in [0, 0.05) is 11.1 Å². The van der Waals surface area contributed by atoms with E-state index in [4.69, 9.17) is 16.3 Å². The minimum absolute atomic E-state index is 0.134. The zero-order valence-electron chi connectivity index (χ0n) is 20.7. The third-order valence-corrected chi connectivity index (χ3v) is 6.12. The summed E-state index contributed by atoms with van der Waals surface area (Å²) < 4.78 is 44.8. The van der Waals surface area contributed by atoms with Gasteiger partial charge in [-0.2, -0.15) is 13.2 Å². The Kier molecular flexibility index (Phi) is 8.86. The molecule has 2 amide bonds. The van der Waals surface area contributed by atoms with Crippen LogP contribution < -0.4 is 10.6 Å². The molecule has 2 N–H and O–H groups in total. The van der Waals surface area contributed by atoms with Crippen molar-refractivity contribution in [1.82, 2.24) is 5.32 Å². The molecule has 0 spiro atoms. The van der Waals surface area contributed by atoms with Crippen LogP contribution in [0.1, 0.15) is 27.6 Å². The largest absolute Gasteiger partial charge is 0.446 e. The maximum Gasteiger partial charge on any atom is 0.416 e. The van der Waals surface area contributed by atoms with E-state index in [1.807, 2.05) is 30.3 Å². The molecule has 4 aromatic carbocycles. The molecule has 0 saturated heterocycles. The first kappa shape index (κ1) is 28.4. The second kappa shape index (κ2) is 12.5. The van der Waals surface area contributed by atoms with Crippen LogP contribution >= 0.6 is 11.6 Å². The van der Waals surface area contributed by atoms with Crippen LogP contribution in [0.2, 0.25) is 5.02 Å². The van der Waals surface area contributed by atoms with Gasteiger partial charge < -0.3 is 15.4 Å². The first-order valence-corrected chi connectivity index (χ1v) is 12.4. The van der Waals surface area contributed by atoms with Gasteiger partial charge in [0.25, 0.3) is 11.8 Å². The lowest BCUT2D eigenvalue weighted by molar-refractivity contribution is -0.153. The van der Waals surface area contributed by atoms with Gasteiger partial charge in [0.15, 0.2) is 0 Å². The van der Waals surface area contributed by atoms with Crippen LogP contribution in [-0.4, -0.2) is 24.3 Å². The molecule has 6 nitrogen and oxygen atoms in total. The fraction of sp³-hybridized carbons (Fsp3) is 0.100. The maximum absolute atomic E-state index is 13.1. The number of hydrogen-bond donors (Lipinski definition) is 2. The highest BCUT2D eigenvalue weighted by molar-refractivity contribution is 6.33. The summed E-state index contributed by atoms with van der Waals surface area (Å²) >= 11 is 6.00. The highest BCUT2D eigenvalue weighted by Gasteiger charge is 2.32. The predicted molar refractivity (Wildman–Crippen MR) is 145 cm³/mol. The zero-order valence-corrected chi connectivity index (χ0v) is 21.5. The smallest absolute Gasteiger partial charge is 0.416 e. The number of halogens is 4. The monoisotopic (exact) mass is 566 g/mol. The molecular formula is C30H22ClF3N2O4. The third-order valence-electron chi connectivity index (χ3n) is 5.79. The normalized spacial score (nSPS) is 11.8. The number of nitrogens with one attached hydrogen (secondary N) is 2. The fourth-order valence-corrected chi connectivity index (χ4v) is 3.93. The number of ether oxygens (including phenoxy) is 1. The minimum Gasteiger partial charge on any atom is -0.446 e. The van der Waals surface area contributed by atoms with Gasteiger partial charge in [-0.25, -0.2) is 0 Å². The van der Waals surface area contributed by atoms with E-state index in [1.165, 1.54) is 12.1 Å². The Morgan fingerprint density at radius 3 is 2.02 bits per heavy atom. The Labute approximate surface area is 232 Å². The Morgan fingerprint density at radius 2 is 1.40 bits per heavy atom. The van der Waals surface area contributed by atoms with E-state index in [0.717, 1.165) is 23.3 Å². The molecule has 1 unspecified atom stereocenters. The van der Waals surface area contributed by atoms with E-state index in [-0.39, 0.29) is 16.3 Å². The minimum atomic E-state index is -4.66. The molecule has 0 aliphatic rings. The fourth-order valence-electron chi connectivity index (χ4n) is 3.77. The molecule has 0 bridgehead atoms. The topological polar surface area (TPSA) is 84.5 Å². The summed E-state index contributed by atoms with van der Waals surface area (Å²) in [6.45, 7) is -0.555. The van der Waals surface area contributed by atoms with Crippen LogP contribution in [0.25, 0.3) is 11.1 Å². The van der Waals surface area contributed by atoms with Crippen molar-refractivity contribution < 1.29 is 32.3 Å². The van der Waals surface area contributed by atoms with E-state index < -0.39 is 42.2 Å². The predicted octanol–water partition coefficient (Wildman–Crippen LogP) is 6.68. The van der Waals surface area contributed by atoms with Crippen molar-refractivity contribution in [3.05, 3.63) is 125 Å². The van der Waals surface area contributed by atoms with Gasteiger partial charge in [0.2, 0.25) is 6.10 Å². The molecular weight excluding hydrogens is 545 g/mol. The summed E-state index contributed by atoms with van der Waals surface area (Å²) in [7, 11) is 0. The molecule has 10 heteroatoms. The summed E-state index contributed by atoms with van der Waals surface area (Å²) in [5.74, 6) is -2.40. The molecule has 204 valence electrons. The molecule has 4 aromatic rings. The lowest BCUT2D eigenvalue weighted by Crippen LogP contribution is -2.33.